The van der Waals surface area contributed by atoms with E-state index in [1.807, 2.05) is 126 Å². The predicted molar refractivity (Wildman–Crippen MR) is 247 cm³/mol. The van der Waals surface area contributed by atoms with Crippen LogP contribution in [0.1, 0.15) is 28.7 Å². The van der Waals surface area contributed by atoms with Crippen LogP contribution in [0.4, 0.5) is 11.4 Å². The third-order valence-corrected chi connectivity index (χ3v) is 10.8. The van der Waals surface area contributed by atoms with Gasteiger partial charge < -0.3 is 10.2 Å². The first-order valence-electron chi connectivity index (χ1n) is 20.6. The molecule has 0 bridgehead atoms. The average Bonchev–Trinajstić information content (AvgIpc) is 3.30. The lowest BCUT2D eigenvalue weighted by Gasteiger charge is -2.48. The van der Waals surface area contributed by atoms with Crippen molar-refractivity contribution in [2.75, 3.05) is 10.2 Å². The van der Waals surface area contributed by atoms with Gasteiger partial charge in [0.15, 0.2) is 0 Å². The quantitative estimate of drug-likeness (QED) is 0.105. The number of carbonyl (C=O) groups is 2. The summed E-state index contributed by atoms with van der Waals surface area (Å²) in [5.41, 5.74) is 8.32. The van der Waals surface area contributed by atoms with Crippen molar-refractivity contribution in [2.45, 2.75) is 38.6 Å². The normalized spacial score (nSPS) is 14.8. The number of anilines is 2. The zero-order valence-corrected chi connectivity index (χ0v) is 34.0. The van der Waals surface area contributed by atoms with Crippen molar-refractivity contribution in [1.82, 2.24) is 9.97 Å². The minimum Gasteiger partial charge on any atom is -0.324 e. The maximum absolute atomic E-state index is 13.3. The summed E-state index contributed by atoms with van der Waals surface area (Å²) < 4.78 is 0. The molecule has 298 valence electrons. The van der Waals surface area contributed by atoms with E-state index in [4.69, 9.17) is 0 Å². The molecule has 1 aliphatic rings. The fourth-order valence-corrected chi connectivity index (χ4v) is 7.68. The standard InChI is InChI=1S/C27H24N2O.C20H18N2O.C7H8/c30-27-23(19-21-11-5-2-6-12-21)24(17-16-20-9-3-1-4-10-20)29(27)25-15-7-13-22-14-8-18-28-26(22)25;1-2-16(14-15-8-4-3-5-9-15)20(23)22-18-12-6-10-17-11-7-13-21-19(17)18;1-7-5-3-2-4-6-7/h1-15,18,23-24H,16-17,19H2;2-13,16H,1,14H2,(H,22,23);2-6H,1H3. The van der Waals surface area contributed by atoms with E-state index in [0.29, 0.717) is 6.42 Å². The van der Waals surface area contributed by atoms with Crippen LogP contribution in [0.2, 0.25) is 0 Å². The Kier molecular flexibility index (Phi) is 14.0. The van der Waals surface area contributed by atoms with Gasteiger partial charge in [0.1, 0.15) is 0 Å². The number of nitrogens with zero attached hydrogens (tertiary/aromatic N) is 3. The summed E-state index contributed by atoms with van der Waals surface area (Å²) in [5, 5.41) is 5.05. The van der Waals surface area contributed by atoms with Crippen molar-refractivity contribution in [3.05, 3.63) is 229 Å². The number of hydrogen-bond acceptors (Lipinski definition) is 4. The van der Waals surface area contributed by atoms with Crippen LogP contribution in [-0.2, 0) is 28.9 Å². The second-order valence-electron chi connectivity index (χ2n) is 15.0. The molecule has 0 saturated carbocycles. The summed E-state index contributed by atoms with van der Waals surface area (Å²) in [4.78, 5) is 36.9. The number of aromatic nitrogens is 2. The molecule has 6 nitrogen and oxygen atoms in total. The van der Waals surface area contributed by atoms with Crippen molar-refractivity contribution >= 4 is 45.0 Å². The maximum atomic E-state index is 13.3. The Morgan fingerprint density at radius 3 is 1.78 bits per heavy atom. The number of aryl methyl sites for hydroxylation is 2. The molecule has 1 N–H and O–H groups in total. The first-order valence-corrected chi connectivity index (χ1v) is 20.6. The lowest BCUT2D eigenvalue weighted by molar-refractivity contribution is -0.130. The fraction of sp³-hybridized carbons (Fsp3) is 0.148. The molecule has 6 heteroatoms. The number of fused-ring (bicyclic) bond motifs is 2. The molecular weight excluding hydrogens is 737 g/mol. The highest BCUT2D eigenvalue weighted by molar-refractivity contribution is 6.08. The highest BCUT2D eigenvalue weighted by Gasteiger charge is 2.47. The van der Waals surface area contributed by atoms with Gasteiger partial charge in [-0.3, -0.25) is 19.6 Å². The van der Waals surface area contributed by atoms with Crippen LogP contribution in [0.5, 0.6) is 0 Å². The number of carbonyl (C=O) groups excluding carboxylic acids is 2. The van der Waals surface area contributed by atoms with Gasteiger partial charge in [-0.2, -0.15) is 0 Å². The van der Waals surface area contributed by atoms with Gasteiger partial charge in [-0.1, -0.05) is 169 Å². The second-order valence-corrected chi connectivity index (χ2v) is 15.0. The van der Waals surface area contributed by atoms with Gasteiger partial charge in [0, 0.05) is 29.2 Å². The molecule has 3 atom stereocenters. The molecule has 1 saturated heterocycles. The minimum atomic E-state index is -0.281. The molecular formula is C54H50N4O2. The van der Waals surface area contributed by atoms with Crippen LogP contribution in [0, 0.1) is 18.8 Å². The molecule has 3 unspecified atom stereocenters. The van der Waals surface area contributed by atoms with Crippen molar-refractivity contribution in [3.63, 3.8) is 0 Å². The van der Waals surface area contributed by atoms with E-state index in [1.54, 1.807) is 18.5 Å². The zero-order chi connectivity index (χ0) is 41.5. The van der Waals surface area contributed by atoms with Crippen LogP contribution < -0.4 is 10.2 Å². The van der Waals surface area contributed by atoms with E-state index in [2.05, 4.69) is 89.5 Å². The third-order valence-electron chi connectivity index (χ3n) is 10.8. The van der Waals surface area contributed by atoms with E-state index in [-0.39, 0.29) is 29.7 Å². The molecule has 0 radical (unpaired) electrons. The molecule has 2 aromatic heterocycles. The van der Waals surface area contributed by atoms with Crippen LogP contribution in [0.25, 0.3) is 21.8 Å². The smallest absolute Gasteiger partial charge is 0.232 e. The summed E-state index contributed by atoms with van der Waals surface area (Å²) in [5.74, 6) is -0.136. The molecule has 9 rings (SSSR count). The van der Waals surface area contributed by atoms with Gasteiger partial charge in [0.05, 0.1) is 34.2 Å². The van der Waals surface area contributed by atoms with Crippen molar-refractivity contribution in [2.24, 2.45) is 11.8 Å². The number of benzene rings is 6. The molecule has 3 heterocycles. The third kappa shape index (κ3) is 10.5. The lowest BCUT2D eigenvalue weighted by atomic mass is 9.79. The topological polar surface area (TPSA) is 75.2 Å². The number of amides is 2. The number of β-lactam (4-membered cyclic amide) rings is 1. The molecule has 6 aromatic carbocycles. The summed E-state index contributed by atoms with van der Waals surface area (Å²) in [6, 6.07) is 61.0. The summed E-state index contributed by atoms with van der Waals surface area (Å²) in [6.07, 6.45) is 8.54. The number of rotatable bonds is 11. The number of nitrogens with one attached hydrogen (secondary N) is 1. The molecule has 2 amide bonds. The van der Waals surface area contributed by atoms with Crippen LogP contribution in [0.15, 0.2) is 207 Å². The minimum absolute atomic E-state index is 0.00933. The van der Waals surface area contributed by atoms with E-state index in [0.717, 1.165) is 58.0 Å². The Labute approximate surface area is 353 Å². The highest BCUT2D eigenvalue weighted by atomic mass is 16.2. The first kappa shape index (κ1) is 41.0. The average molecular weight is 787 g/mol. The van der Waals surface area contributed by atoms with E-state index >= 15 is 0 Å². The summed E-state index contributed by atoms with van der Waals surface area (Å²) >= 11 is 0. The largest absolute Gasteiger partial charge is 0.324 e. The first-order chi connectivity index (χ1) is 29.5. The van der Waals surface area contributed by atoms with Gasteiger partial charge in [0.2, 0.25) is 11.8 Å². The van der Waals surface area contributed by atoms with Gasteiger partial charge >= 0.3 is 0 Å². The molecule has 1 aliphatic heterocycles. The van der Waals surface area contributed by atoms with Gasteiger partial charge in [-0.05, 0) is 73.6 Å². The molecule has 1 fully saturated rings. The summed E-state index contributed by atoms with van der Waals surface area (Å²) in [6.45, 7) is 5.89. The summed E-state index contributed by atoms with van der Waals surface area (Å²) in [7, 11) is 0. The Bertz CT molecular complexity index is 2610. The molecule has 0 aliphatic carbocycles. The number of pyridine rings is 2. The van der Waals surface area contributed by atoms with Gasteiger partial charge in [0.25, 0.3) is 0 Å². The second kappa shape index (κ2) is 20.5. The Hall–Kier alpha value is -7.18. The molecule has 8 aromatic rings. The van der Waals surface area contributed by atoms with Gasteiger partial charge in [-0.25, -0.2) is 0 Å². The molecule has 60 heavy (non-hydrogen) atoms. The number of para-hydroxylation sites is 2. The van der Waals surface area contributed by atoms with E-state index < -0.39 is 0 Å². The lowest BCUT2D eigenvalue weighted by Crippen LogP contribution is -2.62. The van der Waals surface area contributed by atoms with Crippen LogP contribution in [0.3, 0.4) is 0 Å². The van der Waals surface area contributed by atoms with Crippen molar-refractivity contribution < 1.29 is 9.59 Å². The Balaban J connectivity index is 0.000000160. The van der Waals surface area contributed by atoms with E-state index in [9.17, 15) is 9.59 Å². The maximum Gasteiger partial charge on any atom is 0.232 e. The van der Waals surface area contributed by atoms with Crippen LogP contribution >= 0.6 is 0 Å². The Morgan fingerprint density at radius 1 is 0.650 bits per heavy atom. The van der Waals surface area contributed by atoms with Crippen molar-refractivity contribution in [3.8, 4) is 0 Å². The monoisotopic (exact) mass is 786 g/mol. The predicted octanol–water partition coefficient (Wildman–Crippen LogP) is 11.7. The Morgan fingerprint density at radius 2 is 1.18 bits per heavy atom. The highest BCUT2D eigenvalue weighted by Crippen LogP contribution is 2.40. The molecule has 0 spiro atoms. The zero-order valence-electron chi connectivity index (χ0n) is 34.0. The number of hydrogen-bond donors (Lipinski definition) is 1. The van der Waals surface area contributed by atoms with Crippen molar-refractivity contribution in [1.29, 1.82) is 0 Å². The van der Waals surface area contributed by atoms with Crippen LogP contribution in [-0.4, -0.2) is 27.8 Å². The van der Waals surface area contributed by atoms with Gasteiger partial charge in [-0.15, -0.1) is 6.58 Å². The fourth-order valence-electron chi connectivity index (χ4n) is 7.68. The SMILES string of the molecule is C=CC(Cc1ccccc1)C(=O)Nc1cccc2cccnc12.Cc1ccccc1.O=C1C(Cc2ccccc2)C(CCc2ccccc2)N1c1cccc2cccnc12. The van der Waals surface area contributed by atoms with E-state index in [1.165, 1.54) is 16.7 Å².